The summed E-state index contributed by atoms with van der Waals surface area (Å²) >= 11 is 6.03. The van der Waals surface area contributed by atoms with E-state index in [0.717, 1.165) is 5.56 Å². The lowest BCUT2D eigenvalue weighted by atomic mass is 10.2. The van der Waals surface area contributed by atoms with Gasteiger partial charge in [-0.1, -0.05) is 24.6 Å². The van der Waals surface area contributed by atoms with Gasteiger partial charge in [0.1, 0.15) is 0 Å². The Kier molecular flexibility index (Phi) is 6.95. The van der Waals surface area contributed by atoms with Crippen molar-refractivity contribution >= 4 is 39.2 Å². The van der Waals surface area contributed by atoms with Gasteiger partial charge < -0.3 is 10.1 Å². The fourth-order valence-electron chi connectivity index (χ4n) is 2.17. The van der Waals surface area contributed by atoms with E-state index in [0.29, 0.717) is 10.7 Å². The second-order valence-electron chi connectivity index (χ2n) is 5.63. The molecule has 0 spiro atoms. The van der Waals surface area contributed by atoms with Gasteiger partial charge >= 0.3 is 5.97 Å². The van der Waals surface area contributed by atoms with Crippen molar-refractivity contribution in [2.24, 2.45) is 0 Å². The van der Waals surface area contributed by atoms with Crippen molar-refractivity contribution < 1.29 is 22.7 Å². The number of halogens is 1. The molecule has 0 aliphatic heterocycles. The van der Waals surface area contributed by atoms with E-state index in [1.54, 1.807) is 25.1 Å². The fraction of sp³-hybridized carbons (Fsp3) is 0.222. The Hall–Kier alpha value is -2.42. The van der Waals surface area contributed by atoms with Gasteiger partial charge in [0, 0.05) is 6.54 Å². The quantitative estimate of drug-likeness (QED) is 0.683. The molecule has 144 valence electrons. The number of hydrogen-bond donors (Lipinski definition) is 2. The number of benzene rings is 2. The Bertz CT molecular complexity index is 943. The highest BCUT2D eigenvalue weighted by atomic mass is 35.5. The predicted octanol–water partition coefficient (Wildman–Crippen LogP) is 2.74. The van der Waals surface area contributed by atoms with E-state index in [4.69, 9.17) is 16.3 Å². The molecular formula is C18H19ClN2O5S. The van der Waals surface area contributed by atoms with Crippen LogP contribution in [0.15, 0.2) is 47.4 Å². The van der Waals surface area contributed by atoms with Crippen molar-refractivity contribution in [3.8, 4) is 0 Å². The third kappa shape index (κ3) is 5.78. The molecule has 0 saturated carbocycles. The van der Waals surface area contributed by atoms with Gasteiger partial charge in [0.2, 0.25) is 10.0 Å². The monoisotopic (exact) mass is 410 g/mol. The van der Waals surface area contributed by atoms with Gasteiger partial charge in [0.15, 0.2) is 6.61 Å². The summed E-state index contributed by atoms with van der Waals surface area (Å²) < 4.78 is 31.0. The largest absolute Gasteiger partial charge is 0.452 e. The number of rotatable bonds is 7. The van der Waals surface area contributed by atoms with Gasteiger partial charge in [-0.15, -0.1) is 0 Å². The molecule has 0 fully saturated rings. The van der Waals surface area contributed by atoms with Crippen LogP contribution in [0.5, 0.6) is 0 Å². The van der Waals surface area contributed by atoms with Crippen molar-refractivity contribution in [3.05, 3.63) is 58.6 Å². The van der Waals surface area contributed by atoms with Crippen molar-refractivity contribution in [2.45, 2.75) is 18.7 Å². The number of nitrogens with one attached hydrogen (secondary N) is 2. The van der Waals surface area contributed by atoms with E-state index in [1.807, 2.05) is 6.92 Å². The number of ether oxygens (including phenoxy) is 1. The first-order valence-corrected chi connectivity index (χ1v) is 9.92. The Morgan fingerprint density at radius 3 is 2.37 bits per heavy atom. The Labute approximate surface area is 162 Å². The topological polar surface area (TPSA) is 102 Å². The number of hydrogen-bond acceptors (Lipinski definition) is 5. The predicted molar refractivity (Wildman–Crippen MR) is 102 cm³/mol. The summed E-state index contributed by atoms with van der Waals surface area (Å²) in [7, 11) is -3.60. The fourth-order valence-corrected chi connectivity index (χ4v) is 3.49. The van der Waals surface area contributed by atoms with E-state index in [2.05, 4.69) is 10.0 Å². The minimum absolute atomic E-state index is 0.0349. The molecule has 0 heterocycles. The van der Waals surface area contributed by atoms with E-state index in [-0.39, 0.29) is 17.0 Å². The molecule has 2 rings (SSSR count). The van der Waals surface area contributed by atoms with Crippen LogP contribution in [0.4, 0.5) is 5.69 Å². The minimum Gasteiger partial charge on any atom is -0.452 e. The first-order valence-electron chi connectivity index (χ1n) is 8.06. The van der Waals surface area contributed by atoms with Crippen molar-refractivity contribution in [1.82, 2.24) is 4.72 Å². The molecule has 0 bridgehead atoms. The lowest BCUT2D eigenvalue weighted by Gasteiger charge is -2.09. The summed E-state index contributed by atoms with van der Waals surface area (Å²) in [4.78, 5) is 23.9. The number of aryl methyl sites for hydroxylation is 1. The van der Waals surface area contributed by atoms with Gasteiger partial charge in [0.05, 0.1) is 21.2 Å². The first kappa shape index (κ1) is 20.9. The van der Waals surface area contributed by atoms with Gasteiger partial charge in [-0.05, 0) is 48.9 Å². The number of esters is 1. The lowest BCUT2D eigenvalue weighted by molar-refractivity contribution is -0.119. The van der Waals surface area contributed by atoms with Crippen molar-refractivity contribution in [2.75, 3.05) is 18.5 Å². The van der Waals surface area contributed by atoms with Crippen LogP contribution in [-0.4, -0.2) is 33.4 Å². The molecule has 0 aromatic heterocycles. The second-order valence-corrected chi connectivity index (χ2v) is 7.81. The number of carbonyl (C=O) groups is 2. The zero-order valence-electron chi connectivity index (χ0n) is 14.8. The number of amides is 1. The van der Waals surface area contributed by atoms with Crippen molar-refractivity contribution in [1.29, 1.82) is 0 Å². The van der Waals surface area contributed by atoms with Crippen molar-refractivity contribution in [3.63, 3.8) is 0 Å². The molecular weight excluding hydrogens is 392 g/mol. The maximum absolute atomic E-state index is 12.0. The molecule has 0 aliphatic carbocycles. The van der Waals surface area contributed by atoms with E-state index < -0.39 is 28.5 Å². The Balaban J connectivity index is 1.94. The van der Waals surface area contributed by atoms with Gasteiger partial charge in [-0.3, -0.25) is 4.79 Å². The molecule has 7 nitrogen and oxygen atoms in total. The molecule has 2 aromatic rings. The maximum Gasteiger partial charge on any atom is 0.338 e. The average Bonchev–Trinajstić information content (AvgIpc) is 2.62. The highest BCUT2D eigenvalue weighted by Crippen LogP contribution is 2.22. The van der Waals surface area contributed by atoms with Crippen LogP contribution in [0.25, 0.3) is 0 Å². The lowest BCUT2D eigenvalue weighted by Crippen LogP contribution is -2.23. The molecule has 0 unspecified atom stereocenters. The van der Waals surface area contributed by atoms with Gasteiger partial charge in [0.25, 0.3) is 5.91 Å². The minimum atomic E-state index is -3.60. The zero-order chi connectivity index (χ0) is 20.0. The molecule has 0 saturated heterocycles. The molecule has 0 aliphatic rings. The number of carbonyl (C=O) groups excluding carboxylic acids is 2. The van der Waals surface area contributed by atoms with Crippen LogP contribution in [0.2, 0.25) is 5.02 Å². The highest BCUT2D eigenvalue weighted by molar-refractivity contribution is 7.89. The van der Waals surface area contributed by atoms with Crippen LogP contribution in [0, 0.1) is 6.92 Å². The molecule has 2 N–H and O–H groups in total. The van der Waals surface area contributed by atoms with Crippen LogP contribution < -0.4 is 10.0 Å². The molecule has 27 heavy (non-hydrogen) atoms. The normalized spacial score (nSPS) is 11.1. The first-order chi connectivity index (χ1) is 12.7. The molecule has 0 radical (unpaired) electrons. The van der Waals surface area contributed by atoms with Crippen LogP contribution in [0.1, 0.15) is 22.8 Å². The molecule has 2 aromatic carbocycles. The summed E-state index contributed by atoms with van der Waals surface area (Å²) in [6.45, 7) is 3.29. The number of sulfonamides is 1. The summed E-state index contributed by atoms with van der Waals surface area (Å²) in [5, 5.41) is 2.93. The van der Waals surface area contributed by atoms with Gasteiger partial charge in [-0.25, -0.2) is 17.9 Å². The van der Waals surface area contributed by atoms with E-state index >= 15 is 0 Å². The van der Waals surface area contributed by atoms with E-state index in [1.165, 1.54) is 24.3 Å². The maximum atomic E-state index is 12.0. The Morgan fingerprint density at radius 1 is 1.11 bits per heavy atom. The highest BCUT2D eigenvalue weighted by Gasteiger charge is 2.15. The summed E-state index contributed by atoms with van der Waals surface area (Å²) in [5.41, 5.74) is 1.50. The van der Waals surface area contributed by atoms with Gasteiger partial charge in [-0.2, -0.15) is 0 Å². The second kappa shape index (κ2) is 8.98. The summed E-state index contributed by atoms with van der Waals surface area (Å²) in [6, 6.07) is 10.4. The van der Waals surface area contributed by atoms with Crippen LogP contribution in [-0.2, 0) is 19.6 Å². The third-order valence-electron chi connectivity index (χ3n) is 3.47. The van der Waals surface area contributed by atoms with Crippen LogP contribution >= 0.6 is 11.6 Å². The number of anilines is 1. The molecule has 1 amide bonds. The smallest absolute Gasteiger partial charge is 0.338 e. The summed E-state index contributed by atoms with van der Waals surface area (Å²) in [6.07, 6.45) is 0. The van der Waals surface area contributed by atoms with Crippen LogP contribution in [0.3, 0.4) is 0 Å². The van der Waals surface area contributed by atoms with E-state index in [9.17, 15) is 18.0 Å². The summed E-state index contributed by atoms with van der Waals surface area (Å²) in [5.74, 6) is -1.28. The Morgan fingerprint density at radius 2 is 1.78 bits per heavy atom. The third-order valence-corrected chi connectivity index (χ3v) is 5.34. The standard InChI is InChI=1S/C18H19ClN2O5S/c1-3-20-27(24,25)14-7-5-13(6-8-14)18(23)26-11-17(22)21-16-9-4-12(2)10-15(16)19/h4-10,20H,3,11H2,1-2H3,(H,21,22). The SMILES string of the molecule is CCNS(=O)(=O)c1ccc(C(=O)OCC(=O)Nc2ccc(C)cc2Cl)cc1. The zero-order valence-corrected chi connectivity index (χ0v) is 16.4. The molecule has 9 heteroatoms. The average molecular weight is 411 g/mol. The molecule has 0 atom stereocenters.